The lowest BCUT2D eigenvalue weighted by Gasteiger charge is -2.31. The number of carbonyl (C=O) groups excluding carboxylic acids is 2. The van der Waals surface area contributed by atoms with Crippen molar-refractivity contribution in [2.75, 3.05) is 4.90 Å². The molecule has 1 aliphatic rings. The third kappa shape index (κ3) is 4.24. The van der Waals surface area contributed by atoms with E-state index in [0.29, 0.717) is 10.6 Å². The number of carbonyl (C=O) groups is 2. The van der Waals surface area contributed by atoms with Gasteiger partial charge in [-0.2, -0.15) is 0 Å². The quantitative estimate of drug-likeness (QED) is 0.625. The molecule has 3 aromatic rings. The van der Waals surface area contributed by atoms with Crippen molar-refractivity contribution in [1.82, 2.24) is 5.32 Å². The molecule has 5 nitrogen and oxygen atoms in total. The van der Waals surface area contributed by atoms with Crippen LogP contribution in [0.25, 0.3) is 0 Å². The lowest BCUT2D eigenvalue weighted by atomic mass is 10.1. The third-order valence-corrected chi connectivity index (χ3v) is 5.98. The average molecular weight is 412 g/mol. The molecule has 29 heavy (non-hydrogen) atoms. The molecule has 2 amide bonds. The van der Waals surface area contributed by atoms with Crippen molar-refractivity contribution >= 4 is 28.8 Å². The van der Waals surface area contributed by atoms with Gasteiger partial charge in [0.25, 0.3) is 5.91 Å². The fourth-order valence-corrected chi connectivity index (χ4v) is 4.51. The van der Waals surface area contributed by atoms with Crippen LogP contribution in [0.1, 0.15) is 47.2 Å². The number of hydrogen-bond donors (Lipinski definition) is 1. The lowest BCUT2D eigenvalue weighted by Crippen LogP contribution is -2.46. The first-order chi connectivity index (χ1) is 14.1. The summed E-state index contributed by atoms with van der Waals surface area (Å²) in [6.45, 7) is 0. The van der Waals surface area contributed by atoms with Gasteiger partial charge in [0.1, 0.15) is 5.82 Å². The Morgan fingerprint density at radius 2 is 1.97 bits per heavy atom. The molecule has 2 aromatic heterocycles. The SMILES string of the molecule is O=C(NC1CCCC1)[C@@H](c1cccs1)N(C(=O)c1ccco1)c1cccc(F)c1. The second-order valence-corrected chi connectivity index (χ2v) is 8.02. The molecule has 0 bridgehead atoms. The Kier molecular flexibility index (Phi) is 5.76. The van der Waals surface area contributed by atoms with Crippen LogP contribution >= 0.6 is 11.3 Å². The number of hydrogen-bond acceptors (Lipinski definition) is 4. The van der Waals surface area contributed by atoms with Crippen molar-refractivity contribution in [2.45, 2.75) is 37.8 Å². The van der Waals surface area contributed by atoms with Gasteiger partial charge in [-0.05, 0) is 54.6 Å². The van der Waals surface area contributed by atoms with Crippen molar-refractivity contribution in [3.05, 3.63) is 76.6 Å². The normalized spacial score (nSPS) is 15.2. The topological polar surface area (TPSA) is 62.6 Å². The standard InChI is InChI=1S/C22H21FN2O3S/c23-15-6-3-9-17(14-15)25(22(27)18-10-4-12-28-18)20(19-11-5-13-29-19)21(26)24-16-7-1-2-8-16/h3-6,9-14,16,20H,1-2,7-8H2,(H,24,26)/t20-/m1/s1. The zero-order valence-corrected chi connectivity index (χ0v) is 16.5. The highest BCUT2D eigenvalue weighted by Crippen LogP contribution is 2.33. The first kappa shape index (κ1) is 19.4. The van der Waals surface area contributed by atoms with E-state index in [2.05, 4.69) is 5.32 Å². The number of nitrogens with one attached hydrogen (secondary N) is 1. The maximum Gasteiger partial charge on any atom is 0.295 e. The van der Waals surface area contributed by atoms with Crippen LogP contribution in [0.3, 0.4) is 0 Å². The van der Waals surface area contributed by atoms with Gasteiger partial charge < -0.3 is 9.73 Å². The van der Waals surface area contributed by atoms with Crippen LogP contribution in [-0.2, 0) is 4.79 Å². The third-order valence-electron chi connectivity index (χ3n) is 5.06. The summed E-state index contributed by atoms with van der Waals surface area (Å²) in [5, 5.41) is 4.94. The molecule has 2 heterocycles. The summed E-state index contributed by atoms with van der Waals surface area (Å²) in [5.74, 6) is -1.17. The van der Waals surface area contributed by atoms with Crippen molar-refractivity contribution in [3.8, 4) is 0 Å². The molecule has 1 aliphatic carbocycles. The van der Waals surface area contributed by atoms with E-state index in [1.165, 1.54) is 46.8 Å². The number of amides is 2. The van der Waals surface area contributed by atoms with Gasteiger partial charge in [0, 0.05) is 16.6 Å². The van der Waals surface area contributed by atoms with Gasteiger partial charge in [-0.15, -0.1) is 11.3 Å². The molecular formula is C22H21FN2O3S. The number of nitrogens with zero attached hydrogens (tertiary/aromatic N) is 1. The van der Waals surface area contributed by atoms with Crippen LogP contribution in [0.4, 0.5) is 10.1 Å². The number of rotatable bonds is 6. The largest absolute Gasteiger partial charge is 0.459 e. The molecule has 0 radical (unpaired) electrons. The Balaban J connectivity index is 1.77. The van der Waals surface area contributed by atoms with Gasteiger partial charge in [-0.25, -0.2) is 4.39 Å². The van der Waals surface area contributed by atoms with Crippen LogP contribution < -0.4 is 10.2 Å². The minimum absolute atomic E-state index is 0.0875. The monoisotopic (exact) mass is 412 g/mol. The van der Waals surface area contributed by atoms with Gasteiger partial charge in [0.15, 0.2) is 11.8 Å². The molecule has 1 saturated carbocycles. The Morgan fingerprint density at radius 3 is 2.62 bits per heavy atom. The van der Waals surface area contributed by atoms with E-state index in [-0.39, 0.29) is 17.7 Å². The molecule has 7 heteroatoms. The molecule has 1 aromatic carbocycles. The molecule has 0 spiro atoms. The zero-order chi connectivity index (χ0) is 20.2. The van der Waals surface area contributed by atoms with Crippen LogP contribution in [0.2, 0.25) is 0 Å². The fourth-order valence-electron chi connectivity index (χ4n) is 3.70. The maximum absolute atomic E-state index is 14.0. The first-order valence-corrected chi connectivity index (χ1v) is 10.5. The predicted molar refractivity (Wildman–Crippen MR) is 109 cm³/mol. The summed E-state index contributed by atoms with van der Waals surface area (Å²) in [6.07, 6.45) is 5.40. The van der Waals surface area contributed by atoms with Crippen LogP contribution in [-0.4, -0.2) is 17.9 Å². The highest BCUT2D eigenvalue weighted by molar-refractivity contribution is 7.10. The molecular weight excluding hydrogens is 391 g/mol. The summed E-state index contributed by atoms with van der Waals surface area (Å²) in [6, 6.07) is 11.7. The molecule has 0 saturated heterocycles. The fraction of sp³-hybridized carbons (Fsp3) is 0.273. The molecule has 0 aliphatic heterocycles. The van der Waals surface area contributed by atoms with E-state index < -0.39 is 17.8 Å². The van der Waals surface area contributed by atoms with E-state index in [1.54, 1.807) is 12.1 Å². The second kappa shape index (κ2) is 8.61. The van der Waals surface area contributed by atoms with E-state index in [4.69, 9.17) is 4.42 Å². The smallest absolute Gasteiger partial charge is 0.295 e. The average Bonchev–Trinajstić information content (AvgIpc) is 3.49. The Morgan fingerprint density at radius 1 is 1.14 bits per heavy atom. The van der Waals surface area contributed by atoms with E-state index in [0.717, 1.165) is 25.7 Å². The second-order valence-electron chi connectivity index (χ2n) is 7.04. The maximum atomic E-state index is 14.0. The zero-order valence-electron chi connectivity index (χ0n) is 15.7. The van der Waals surface area contributed by atoms with Crippen LogP contribution in [0.5, 0.6) is 0 Å². The lowest BCUT2D eigenvalue weighted by molar-refractivity contribution is -0.123. The van der Waals surface area contributed by atoms with Crippen molar-refractivity contribution in [1.29, 1.82) is 0 Å². The van der Waals surface area contributed by atoms with Gasteiger partial charge in [0.05, 0.1) is 6.26 Å². The highest BCUT2D eigenvalue weighted by Gasteiger charge is 2.36. The molecule has 1 fully saturated rings. The Bertz CT molecular complexity index is 966. The minimum atomic E-state index is -0.921. The number of halogens is 1. The number of thiophene rings is 1. The summed E-state index contributed by atoms with van der Waals surface area (Å²) >= 11 is 1.38. The minimum Gasteiger partial charge on any atom is -0.459 e. The summed E-state index contributed by atoms with van der Waals surface area (Å²) in [5.41, 5.74) is 0.298. The number of furan rings is 1. The van der Waals surface area contributed by atoms with Crippen LogP contribution in [0.15, 0.2) is 64.6 Å². The Hall–Kier alpha value is -2.93. The first-order valence-electron chi connectivity index (χ1n) is 9.60. The van der Waals surface area contributed by atoms with Gasteiger partial charge >= 0.3 is 0 Å². The molecule has 150 valence electrons. The van der Waals surface area contributed by atoms with E-state index in [9.17, 15) is 14.0 Å². The van der Waals surface area contributed by atoms with E-state index >= 15 is 0 Å². The number of anilines is 1. The van der Waals surface area contributed by atoms with Gasteiger partial charge in [-0.3, -0.25) is 14.5 Å². The summed E-state index contributed by atoms with van der Waals surface area (Å²) < 4.78 is 19.3. The number of benzene rings is 1. The van der Waals surface area contributed by atoms with Crippen molar-refractivity contribution in [3.63, 3.8) is 0 Å². The van der Waals surface area contributed by atoms with Crippen LogP contribution in [0, 0.1) is 5.82 Å². The van der Waals surface area contributed by atoms with Crippen molar-refractivity contribution in [2.24, 2.45) is 0 Å². The Labute approximate surface area is 172 Å². The molecule has 4 rings (SSSR count). The van der Waals surface area contributed by atoms with Gasteiger partial charge in [0.2, 0.25) is 5.91 Å². The highest BCUT2D eigenvalue weighted by atomic mass is 32.1. The summed E-state index contributed by atoms with van der Waals surface area (Å²) in [7, 11) is 0. The van der Waals surface area contributed by atoms with Crippen molar-refractivity contribution < 1.29 is 18.4 Å². The van der Waals surface area contributed by atoms with E-state index in [1.807, 2.05) is 17.5 Å². The molecule has 1 N–H and O–H groups in total. The molecule has 1 atom stereocenters. The predicted octanol–water partition coefficient (Wildman–Crippen LogP) is 4.93. The molecule has 0 unspecified atom stereocenters. The van der Waals surface area contributed by atoms with Gasteiger partial charge in [-0.1, -0.05) is 25.0 Å². The summed E-state index contributed by atoms with van der Waals surface area (Å²) in [4.78, 5) is 28.7.